The molecule has 2 rings (SSSR count). The van der Waals surface area contributed by atoms with E-state index in [2.05, 4.69) is 4.72 Å². The van der Waals surface area contributed by atoms with Gasteiger partial charge in [0.1, 0.15) is 5.82 Å². The number of hydrogen-bond acceptors (Lipinski definition) is 3. The van der Waals surface area contributed by atoms with Gasteiger partial charge in [0, 0.05) is 4.88 Å². The van der Waals surface area contributed by atoms with E-state index in [-0.39, 0.29) is 5.82 Å². The van der Waals surface area contributed by atoms with Gasteiger partial charge < -0.3 is 0 Å². The lowest BCUT2D eigenvalue weighted by Crippen LogP contribution is -2.34. The summed E-state index contributed by atoms with van der Waals surface area (Å²) in [6.07, 6.45) is 0. The second kappa shape index (κ2) is 6.03. The van der Waals surface area contributed by atoms with Crippen LogP contribution in [0, 0.1) is 5.82 Å². The van der Waals surface area contributed by atoms with Crippen molar-refractivity contribution in [2.24, 2.45) is 0 Å². The van der Waals surface area contributed by atoms with Crippen LogP contribution in [0.5, 0.6) is 0 Å². The molecule has 108 valence electrons. The molecule has 0 aliphatic heterocycles. The Labute approximate surface area is 122 Å². The number of rotatable bonds is 5. The Kier molecular flexibility index (Phi) is 4.57. The Morgan fingerprint density at radius 3 is 2.30 bits per heavy atom. The third-order valence-electron chi connectivity index (χ3n) is 2.93. The molecule has 1 unspecified atom stereocenters. The van der Waals surface area contributed by atoms with Crippen LogP contribution in [0.4, 0.5) is 4.39 Å². The van der Waals surface area contributed by atoms with Gasteiger partial charge in [0.2, 0.25) is 10.0 Å². The van der Waals surface area contributed by atoms with Crippen LogP contribution in [-0.4, -0.2) is 13.7 Å². The van der Waals surface area contributed by atoms with Crippen LogP contribution in [0.3, 0.4) is 0 Å². The van der Waals surface area contributed by atoms with Crippen molar-refractivity contribution in [1.82, 2.24) is 4.72 Å². The van der Waals surface area contributed by atoms with E-state index in [0.717, 1.165) is 10.4 Å². The predicted octanol–water partition coefficient (Wildman–Crippen LogP) is 3.30. The normalized spacial score (nSPS) is 13.6. The van der Waals surface area contributed by atoms with Crippen molar-refractivity contribution in [3.63, 3.8) is 0 Å². The van der Waals surface area contributed by atoms with E-state index in [9.17, 15) is 12.8 Å². The third kappa shape index (κ3) is 3.45. The van der Waals surface area contributed by atoms with E-state index in [1.165, 1.54) is 23.5 Å². The van der Waals surface area contributed by atoms with Gasteiger partial charge in [-0.1, -0.05) is 18.2 Å². The molecule has 0 amide bonds. The number of benzene rings is 1. The average molecular weight is 313 g/mol. The second-order valence-corrected chi connectivity index (χ2v) is 7.96. The van der Waals surface area contributed by atoms with Crippen molar-refractivity contribution in [2.45, 2.75) is 25.1 Å². The van der Waals surface area contributed by atoms with E-state index >= 15 is 0 Å². The molecule has 1 atom stereocenters. The second-order valence-electron chi connectivity index (χ2n) is 4.71. The number of thiophene rings is 1. The molecule has 1 heterocycles. The highest BCUT2D eigenvalue weighted by Crippen LogP contribution is 2.27. The van der Waals surface area contributed by atoms with E-state index in [1.807, 2.05) is 17.5 Å². The molecule has 1 aromatic heterocycles. The summed E-state index contributed by atoms with van der Waals surface area (Å²) in [4.78, 5) is 0.876. The highest BCUT2D eigenvalue weighted by molar-refractivity contribution is 7.90. The molecule has 0 saturated carbocycles. The topological polar surface area (TPSA) is 46.2 Å². The lowest BCUT2D eigenvalue weighted by Gasteiger charge is -2.19. The van der Waals surface area contributed by atoms with Crippen LogP contribution in [-0.2, 0) is 10.0 Å². The SMILES string of the molecule is CC(C)S(=O)(=O)NC(c1ccc(F)cc1)c1cccs1. The third-order valence-corrected chi connectivity index (χ3v) is 5.68. The molecule has 0 saturated heterocycles. The summed E-state index contributed by atoms with van der Waals surface area (Å²) in [6.45, 7) is 3.25. The highest BCUT2D eigenvalue weighted by atomic mass is 32.2. The zero-order valence-corrected chi connectivity index (χ0v) is 12.8. The summed E-state index contributed by atoms with van der Waals surface area (Å²) in [6, 6.07) is 9.11. The quantitative estimate of drug-likeness (QED) is 0.920. The Morgan fingerprint density at radius 1 is 1.15 bits per heavy atom. The number of nitrogens with one attached hydrogen (secondary N) is 1. The summed E-state index contributed by atoms with van der Waals surface area (Å²) in [5.74, 6) is -0.342. The molecule has 0 aliphatic rings. The van der Waals surface area contributed by atoms with Crippen LogP contribution in [0.1, 0.15) is 30.3 Å². The molecule has 0 bridgehead atoms. The minimum Gasteiger partial charge on any atom is -0.212 e. The lowest BCUT2D eigenvalue weighted by molar-refractivity contribution is 0.564. The zero-order valence-electron chi connectivity index (χ0n) is 11.2. The van der Waals surface area contributed by atoms with E-state index in [1.54, 1.807) is 26.0 Å². The summed E-state index contributed by atoms with van der Waals surface area (Å²) in [7, 11) is -3.42. The fourth-order valence-electron chi connectivity index (χ4n) is 1.70. The molecule has 0 spiro atoms. The first-order chi connectivity index (χ1) is 9.40. The fraction of sp³-hybridized carbons (Fsp3) is 0.286. The minimum absolute atomic E-state index is 0.342. The largest absolute Gasteiger partial charge is 0.214 e. The number of hydrogen-bond donors (Lipinski definition) is 1. The summed E-state index contributed by atoms with van der Waals surface area (Å²) in [5.41, 5.74) is 0.720. The van der Waals surface area contributed by atoms with E-state index in [4.69, 9.17) is 0 Å². The minimum atomic E-state index is -3.42. The number of sulfonamides is 1. The molecule has 1 aromatic carbocycles. The van der Waals surface area contributed by atoms with Crippen molar-refractivity contribution >= 4 is 21.4 Å². The van der Waals surface area contributed by atoms with E-state index in [0.29, 0.717) is 0 Å². The van der Waals surface area contributed by atoms with Crippen molar-refractivity contribution in [3.8, 4) is 0 Å². The first kappa shape index (κ1) is 15.2. The van der Waals surface area contributed by atoms with Crippen LogP contribution >= 0.6 is 11.3 Å². The summed E-state index contributed by atoms with van der Waals surface area (Å²) < 4.78 is 39.9. The standard InChI is InChI=1S/C14H16FNO2S2/c1-10(2)20(17,18)16-14(13-4-3-9-19-13)11-5-7-12(15)8-6-11/h3-10,14,16H,1-2H3. The van der Waals surface area contributed by atoms with Crippen molar-refractivity contribution in [1.29, 1.82) is 0 Å². The average Bonchev–Trinajstić information content (AvgIpc) is 2.90. The molecular formula is C14H16FNO2S2. The number of halogens is 1. The van der Waals surface area contributed by atoms with Gasteiger partial charge in [0.05, 0.1) is 11.3 Å². The van der Waals surface area contributed by atoms with Crippen molar-refractivity contribution in [3.05, 3.63) is 58.0 Å². The molecule has 2 aromatic rings. The van der Waals surface area contributed by atoms with Gasteiger partial charge >= 0.3 is 0 Å². The molecule has 3 nitrogen and oxygen atoms in total. The summed E-state index contributed by atoms with van der Waals surface area (Å²) in [5, 5.41) is 1.36. The van der Waals surface area contributed by atoms with Gasteiger partial charge in [-0.15, -0.1) is 11.3 Å². The monoisotopic (exact) mass is 313 g/mol. The van der Waals surface area contributed by atoms with Crippen LogP contribution in [0.25, 0.3) is 0 Å². The summed E-state index contributed by atoms with van der Waals surface area (Å²) >= 11 is 1.46. The Bertz CT molecular complexity index is 649. The van der Waals surface area contributed by atoms with E-state index < -0.39 is 21.3 Å². The van der Waals surface area contributed by atoms with Gasteiger partial charge in [0.25, 0.3) is 0 Å². The maximum atomic E-state index is 13.0. The van der Waals surface area contributed by atoms with Crippen molar-refractivity contribution in [2.75, 3.05) is 0 Å². The highest BCUT2D eigenvalue weighted by Gasteiger charge is 2.24. The van der Waals surface area contributed by atoms with Crippen LogP contribution < -0.4 is 4.72 Å². The molecule has 6 heteroatoms. The maximum absolute atomic E-state index is 13.0. The first-order valence-electron chi connectivity index (χ1n) is 6.20. The van der Waals surface area contributed by atoms with Gasteiger partial charge in [-0.25, -0.2) is 17.5 Å². The molecule has 0 aliphatic carbocycles. The molecule has 0 fully saturated rings. The zero-order chi connectivity index (χ0) is 14.8. The molecular weight excluding hydrogens is 297 g/mol. The van der Waals surface area contributed by atoms with Crippen molar-refractivity contribution < 1.29 is 12.8 Å². The van der Waals surface area contributed by atoms with Crippen LogP contribution in [0.15, 0.2) is 41.8 Å². The predicted molar refractivity (Wildman–Crippen MR) is 79.8 cm³/mol. The van der Waals surface area contributed by atoms with Gasteiger partial charge in [-0.3, -0.25) is 0 Å². The smallest absolute Gasteiger partial charge is 0.212 e. The van der Waals surface area contributed by atoms with Gasteiger partial charge in [-0.05, 0) is 43.0 Å². The first-order valence-corrected chi connectivity index (χ1v) is 8.63. The van der Waals surface area contributed by atoms with Gasteiger partial charge in [0.15, 0.2) is 0 Å². The molecule has 20 heavy (non-hydrogen) atoms. The fourth-order valence-corrected chi connectivity index (χ4v) is 3.44. The Morgan fingerprint density at radius 2 is 1.80 bits per heavy atom. The lowest BCUT2D eigenvalue weighted by atomic mass is 10.1. The maximum Gasteiger partial charge on any atom is 0.214 e. The molecule has 0 radical (unpaired) electrons. The van der Waals surface area contributed by atoms with Crippen LogP contribution in [0.2, 0.25) is 0 Å². The Balaban J connectivity index is 2.39. The van der Waals surface area contributed by atoms with Gasteiger partial charge in [-0.2, -0.15) is 0 Å². The Hall–Kier alpha value is -1.24. The molecule has 1 N–H and O–H groups in total.